The molecule has 0 aliphatic heterocycles. The number of carbonyl (C=O) groups is 2. The van der Waals surface area contributed by atoms with Crippen molar-refractivity contribution in [2.24, 2.45) is 0 Å². The number of anilines is 1. The van der Waals surface area contributed by atoms with Crippen LogP contribution in [0.2, 0.25) is 0 Å². The van der Waals surface area contributed by atoms with Gasteiger partial charge >= 0.3 is 5.97 Å². The van der Waals surface area contributed by atoms with Crippen LogP contribution >= 0.6 is 15.9 Å². The third-order valence-electron chi connectivity index (χ3n) is 3.22. The van der Waals surface area contributed by atoms with Crippen LogP contribution in [-0.2, 0) is 20.7 Å². The van der Waals surface area contributed by atoms with Gasteiger partial charge in [0.1, 0.15) is 0 Å². The molecule has 5 nitrogen and oxygen atoms in total. The van der Waals surface area contributed by atoms with Gasteiger partial charge in [0, 0.05) is 10.2 Å². The molecule has 2 aromatic carbocycles. The van der Waals surface area contributed by atoms with E-state index in [4.69, 9.17) is 10.00 Å². The number of nitrogens with one attached hydrogen (secondary N) is 1. The van der Waals surface area contributed by atoms with Crippen molar-refractivity contribution in [3.63, 3.8) is 0 Å². The summed E-state index contributed by atoms with van der Waals surface area (Å²) >= 11 is 3.32. The van der Waals surface area contributed by atoms with Crippen LogP contribution in [0.4, 0.5) is 5.69 Å². The Labute approximate surface area is 148 Å². The topological polar surface area (TPSA) is 79.2 Å². The number of halogens is 1. The predicted octanol–water partition coefficient (Wildman–Crippen LogP) is 3.43. The van der Waals surface area contributed by atoms with Gasteiger partial charge < -0.3 is 10.1 Å². The van der Waals surface area contributed by atoms with Gasteiger partial charge in [-0.2, -0.15) is 5.26 Å². The average Bonchev–Trinajstić information content (AvgIpc) is 2.57. The van der Waals surface area contributed by atoms with Crippen molar-refractivity contribution < 1.29 is 14.3 Å². The molecule has 0 unspecified atom stereocenters. The summed E-state index contributed by atoms with van der Waals surface area (Å²) in [6.07, 6.45) is -0.814. The first-order chi connectivity index (χ1) is 11.5. The fourth-order valence-corrected chi connectivity index (χ4v) is 2.20. The molecule has 1 amide bonds. The summed E-state index contributed by atoms with van der Waals surface area (Å²) in [7, 11) is 0. The Hall–Kier alpha value is -2.65. The van der Waals surface area contributed by atoms with Crippen LogP contribution in [0.5, 0.6) is 0 Å². The molecule has 2 aromatic rings. The quantitative estimate of drug-likeness (QED) is 0.798. The minimum atomic E-state index is -0.913. The third-order valence-corrected chi connectivity index (χ3v) is 3.75. The van der Waals surface area contributed by atoms with Crippen LogP contribution in [0.15, 0.2) is 53.0 Å². The van der Waals surface area contributed by atoms with Crippen molar-refractivity contribution in [2.45, 2.75) is 19.4 Å². The molecule has 1 atom stereocenters. The SMILES string of the molecule is C[C@H](OC(=O)Cc1ccc(Br)cc1)C(=O)Nc1ccc(C#N)cc1. The second kappa shape index (κ2) is 8.27. The van der Waals surface area contributed by atoms with E-state index in [1.54, 1.807) is 24.3 Å². The molecular formula is C18H15BrN2O3. The number of nitriles is 1. The maximum atomic E-state index is 12.0. The summed E-state index contributed by atoms with van der Waals surface area (Å²) in [4.78, 5) is 23.9. The van der Waals surface area contributed by atoms with Gasteiger partial charge in [0.05, 0.1) is 18.1 Å². The molecular weight excluding hydrogens is 372 g/mol. The van der Waals surface area contributed by atoms with Crippen LogP contribution in [0.25, 0.3) is 0 Å². The highest BCUT2D eigenvalue weighted by Crippen LogP contribution is 2.12. The van der Waals surface area contributed by atoms with Crippen LogP contribution in [0, 0.1) is 11.3 Å². The first-order valence-corrected chi connectivity index (χ1v) is 8.02. The molecule has 2 rings (SSSR count). The van der Waals surface area contributed by atoms with E-state index in [2.05, 4.69) is 21.2 Å². The van der Waals surface area contributed by atoms with E-state index in [1.807, 2.05) is 30.3 Å². The molecule has 0 saturated carbocycles. The number of ether oxygens (including phenoxy) is 1. The van der Waals surface area contributed by atoms with E-state index in [0.29, 0.717) is 11.3 Å². The number of nitrogens with zero attached hydrogens (tertiary/aromatic N) is 1. The second-order valence-electron chi connectivity index (χ2n) is 5.11. The highest BCUT2D eigenvalue weighted by Gasteiger charge is 2.18. The van der Waals surface area contributed by atoms with Gasteiger partial charge in [-0.15, -0.1) is 0 Å². The molecule has 0 radical (unpaired) electrons. The number of benzene rings is 2. The van der Waals surface area contributed by atoms with Gasteiger partial charge in [-0.3, -0.25) is 9.59 Å². The molecule has 0 aliphatic rings. The highest BCUT2D eigenvalue weighted by molar-refractivity contribution is 9.10. The summed E-state index contributed by atoms with van der Waals surface area (Å²) in [5, 5.41) is 11.4. The highest BCUT2D eigenvalue weighted by atomic mass is 79.9. The lowest BCUT2D eigenvalue weighted by Crippen LogP contribution is -2.30. The summed E-state index contributed by atoms with van der Waals surface area (Å²) in [5.41, 5.74) is 1.85. The van der Waals surface area contributed by atoms with Crippen molar-refractivity contribution in [1.82, 2.24) is 0 Å². The normalized spacial score (nSPS) is 11.2. The van der Waals surface area contributed by atoms with Gasteiger partial charge in [0.2, 0.25) is 0 Å². The molecule has 122 valence electrons. The van der Waals surface area contributed by atoms with Crippen molar-refractivity contribution in [2.75, 3.05) is 5.32 Å². The predicted molar refractivity (Wildman–Crippen MR) is 93.2 cm³/mol. The van der Waals surface area contributed by atoms with Gasteiger partial charge in [0.25, 0.3) is 5.91 Å². The number of amides is 1. The molecule has 0 aliphatic carbocycles. The van der Waals surface area contributed by atoms with E-state index in [9.17, 15) is 9.59 Å². The average molecular weight is 387 g/mol. The maximum Gasteiger partial charge on any atom is 0.311 e. The molecule has 1 N–H and O–H groups in total. The van der Waals surface area contributed by atoms with Gasteiger partial charge in [-0.05, 0) is 48.9 Å². The lowest BCUT2D eigenvalue weighted by molar-refractivity contribution is -0.152. The van der Waals surface area contributed by atoms with Gasteiger partial charge in [-0.1, -0.05) is 28.1 Å². The van der Waals surface area contributed by atoms with Gasteiger partial charge in [0.15, 0.2) is 6.10 Å². The summed E-state index contributed by atoms with van der Waals surface area (Å²) in [6, 6.07) is 15.7. The number of hydrogen-bond acceptors (Lipinski definition) is 4. The monoisotopic (exact) mass is 386 g/mol. The molecule has 0 spiro atoms. The molecule has 0 aromatic heterocycles. The number of esters is 1. The first-order valence-electron chi connectivity index (χ1n) is 7.23. The Balaban J connectivity index is 1.87. The molecule has 0 bridgehead atoms. The van der Waals surface area contributed by atoms with E-state index < -0.39 is 18.0 Å². The maximum absolute atomic E-state index is 12.0. The second-order valence-corrected chi connectivity index (χ2v) is 6.03. The van der Waals surface area contributed by atoms with Gasteiger partial charge in [-0.25, -0.2) is 0 Å². The zero-order chi connectivity index (χ0) is 17.5. The number of carbonyl (C=O) groups excluding carboxylic acids is 2. The van der Waals surface area contributed by atoms with E-state index in [-0.39, 0.29) is 6.42 Å². The first kappa shape index (κ1) is 17.7. The van der Waals surface area contributed by atoms with Crippen molar-refractivity contribution in [3.05, 3.63) is 64.1 Å². The number of hydrogen-bond donors (Lipinski definition) is 1. The lowest BCUT2D eigenvalue weighted by atomic mass is 10.1. The Bertz CT molecular complexity index is 764. The van der Waals surface area contributed by atoms with E-state index in [0.717, 1.165) is 10.0 Å². The summed E-state index contributed by atoms with van der Waals surface area (Å²) in [5.74, 6) is -0.899. The number of rotatable bonds is 5. The van der Waals surface area contributed by atoms with Crippen molar-refractivity contribution in [1.29, 1.82) is 5.26 Å². The Morgan fingerprint density at radius 3 is 2.38 bits per heavy atom. The fraction of sp³-hybridized carbons (Fsp3) is 0.167. The van der Waals surface area contributed by atoms with Crippen LogP contribution in [0.1, 0.15) is 18.1 Å². The minimum Gasteiger partial charge on any atom is -0.452 e. The Morgan fingerprint density at radius 2 is 1.79 bits per heavy atom. The van der Waals surface area contributed by atoms with Crippen LogP contribution < -0.4 is 5.32 Å². The zero-order valence-corrected chi connectivity index (χ0v) is 14.5. The third kappa shape index (κ3) is 5.21. The fourth-order valence-electron chi connectivity index (χ4n) is 1.93. The smallest absolute Gasteiger partial charge is 0.311 e. The molecule has 6 heteroatoms. The van der Waals surface area contributed by atoms with Crippen LogP contribution in [0.3, 0.4) is 0 Å². The lowest BCUT2D eigenvalue weighted by Gasteiger charge is -2.13. The van der Waals surface area contributed by atoms with Crippen molar-refractivity contribution >= 4 is 33.5 Å². The van der Waals surface area contributed by atoms with Crippen molar-refractivity contribution in [3.8, 4) is 6.07 Å². The molecule has 0 saturated heterocycles. The van der Waals surface area contributed by atoms with Crippen LogP contribution in [-0.4, -0.2) is 18.0 Å². The minimum absolute atomic E-state index is 0.0990. The summed E-state index contributed by atoms with van der Waals surface area (Å²) < 4.78 is 6.07. The summed E-state index contributed by atoms with van der Waals surface area (Å²) in [6.45, 7) is 1.51. The Kier molecular flexibility index (Phi) is 6.10. The van der Waals surface area contributed by atoms with E-state index >= 15 is 0 Å². The largest absolute Gasteiger partial charge is 0.452 e. The molecule has 0 heterocycles. The standard InChI is InChI=1S/C18H15BrN2O3/c1-12(18(23)21-16-8-4-14(11-20)5-9-16)24-17(22)10-13-2-6-15(19)7-3-13/h2-9,12H,10H2,1H3,(H,21,23)/t12-/m0/s1. The van der Waals surface area contributed by atoms with E-state index in [1.165, 1.54) is 6.92 Å². The molecule has 24 heavy (non-hydrogen) atoms. The molecule has 0 fully saturated rings. The zero-order valence-electron chi connectivity index (χ0n) is 13.0. The Morgan fingerprint density at radius 1 is 1.17 bits per heavy atom.